The van der Waals surface area contributed by atoms with Crippen molar-refractivity contribution in [1.29, 1.82) is 0 Å². The van der Waals surface area contributed by atoms with E-state index in [0.717, 1.165) is 5.82 Å². The van der Waals surface area contributed by atoms with Crippen LogP contribution in [-0.2, 0) is 0 Å². The lowest BCUT2D eigenvalue weighted by Gasteiger charge is -2.18. The zero-order valence-corrected chi connectivity index (χ0v) is 12.5. The fraction of sp³-hybridized carbons (Fsp3) is 0.417. The van der Waals surface area contributed by atoms with Gasteiger partial charge in [-0.1, -0.05) is 25.4 Å². The van der Waals surface area contributed by atoms with Crippen LogP contribution in [0.15, 0.2) is 12.1 Å². The fourth-order valence-electron chi connectivity index (χ4n) is 1.68. The maximum atomic E-state index is 12.1. The minimum Gasteiger partial charge on any atom is -0.341 e. The summed E-state index contributed by atoms with van der Waals surface area (Å²) in [6.45, 7) is 5.85. The van der Waals surface area contributed by atoms with Gasteiger partial charge >= 0.3 is 0 Å². The standard InChI is InChI=1S/C12H15ClN4OS/c1-6(2)10(11-14-7(3)16-17-11)15-12(18)8-4-5-9(13)19-8/h4-6,10H,1-3H3,(H,15,18)(H,14,16,17). The van der Waals surface area contributed by atoms with Gasteiger partial charge < -0.3 is 5.32 Å². The Kier molecular flexibility index (Phi) is 4.21. The molecule has 2 rings (SSSR count). The van der Waals surface area contributed by atoms with Crippen LogP contribution in [0, 0.1) is 12.8 Å². The van der Waals surface area contributed by atoms with Crippen LogP contribution >= 0.6 is 22.9 Å². The van der Waals surface area contributed by atoms with Crippen molar-refractivity contribution in [3.8, 4) is 0 Å². The van der Waals surface area contributed by atoms with Gasteiger partial charge in [-0.2, -0.15) is 5.10 Å². The van der Waals surface area contributed by atoms with Crippen LogP contribution in [-0.4, -0.2) is 21.1 Å². The molecule has 0 spiro atoms. The highest BCUT2D eigenvalue weighted by atomic mass is 35.5. The molecule has 2 N–H and O–H groups in total. The van der Waals surface area contributed by atoms with Crippen LogP contribution in [0.1, 0.15) is 41.2 Å². The number of thiophene rings is 1. The summed E-state index contributed by atoms with van der Waals surface area (Å²) < 4.78 is 0.597. The number of carbonyl (C=O) groups excluding carboxylic acids is 1. The molecule has 1 unspecified atom stereocenters. The smallest absolute Gasteiger partial charge is 0.262 e. The van der Waals surface area contributed by atoms with Gasteiger partial charge in [-0.15, -0.1) is 11.3 Å². The number of halogens is 1. The third-order valence-electron chi connectivity index (χ3n) is 2.64. The van der Waals surface area contributed by atoms with E-state index in [1.807, 2.05) is 20.8 Å². The summed E-state index contributed by atoms with van der Waals surface area (Å²) in [5.74, 6) is 1.37. The minimum absolute atomic E-state index is 0.155. The molecule has 2 aromatic heterocycles. The first-order valence-electron chi connectivity index (χ1n) is 5.92. The number of aromatic amines is 1. The van der Waals surface area contributed by atoms with E-state index in [4.69, 9.17) is 11.6 Å². The van der Waals surface area contributed by atoms with Gasteiger partial charge in [-0.05, 0) is 25.0 Å². The Balaban J connectivity index is 2.15. The van der Waals surface area contributed by atoms with Gasteiger partial charge in [0.1, 0.15) is 5.82 Å². The lowest BCUT2D eigenvalue weighted by atomic mass is 10.0. The van der Waals surface area contributed by atoms with Crippen LogP contribution in [0.3, 0.4) is 0 Å². The van der Waals surface area contributed by atoms with E-state index in [1.165, 1.54) is 11.3 Å². The van der Waals surface area contributed by atoms with Crippen molar-refractivity contribution in [2.75, 3.05) is 0 Å². The predicted molar refractivity (Wildman–Crippen MR) is 75.5 cm³/mol. The highest BCUT2D eigenvalue weighted by Crippen LogP contribution is 2.23. The van der Waals surface area contributed by atoms with Gasteiger partial charge in [0, 0.05) is 0 Å². The van der Waals surface area contributed by atoms with Crippen LogP contribution < -0.4 is 5.32 Å². The molecule has 2 aromatic rings. The number of nitrogens with zero attached hydrogens (tertiary/aromatic N) is 2. The molecule has 1 amide bonds. The molecule has 102 valence electrons. The number of hydrogen-bond acceptors (Lipinski definition) is 4. The molecule has 19 heavy (non-hydrogen) atoms. The molecule has 2 heterocycles. The van der Waals surface area contributed by atoms with Crippen molar-refractivity contribution in [2.45, 2.75) is 26.8 Å². The van der Waals surface area contributed by atoms with Crippen LogP contribution in [0.2, 0.25) is 4.34 Å². The van der Waals surface area contributed by atoms with Gasteiger partial charge in [-0.3, -0.25) is 9.89 Å². The molecule has 0 aromatic carbocycles. The lowest BCUT2D eigenvalue weighted by Crippen LogP contribution is -2.32. The quantitative estimate of drug-likeness (QED) is 0.911. The van der Waals surface area contributed by atoms with E-state index < -0.39 is 0 Å². The van der Waals surface area contributed by atoms with Crippen LogP contribution in [0.25, 0.3) is 0 Å². The molecule has 0 radical (unpaired) electrons. The highest BCUT2D eigenvalue weighted by Gasteiger charge is 2.23. The Morgan fingerprint density at radius 2 is 2.21 bits per heavy atom. The minimum atomic E-state index is -0.224. The summed E-state index contributed by atoms with van der Waals surface area (Å²) >= 11 is 7.09. The molecule has 0 aliphatic rings. The molecule has 0 saturated carbocycles. The third-order valence-corrected chi connectivity index (χ3v) is 3.87. The number of aryl methyl sites for hydroxylation is 1. The zero-order valence-electron chi connectivity index (χ0n) is 10.9. The molecule has 0 fully saturated rings. The highest BCUT2D eigenvalue weighted by molar-refractivity contribution is 7.17. The van der Waals surface area contributed by atoms with Gasteiger partial charge in [0.2, 0.25) is 0 Å². The zero-order chi connectivity index (χ0) is 14.0. The van der Waals surface area contributed by atoms with E-state index in [1.54, 1.807) is 12.1 Å². The van der Waals surface area contributed by atoms with E-state index >= 15 is 0 Å². The normalized spacial score (nSPS) is 12.7. The van der Waals surface area contributed by atoms with E-state index in [2.05, 4.69) is 20.5 Å². The Morgan fingerprint density at radius 3 is 2.68 bits per heavy atom. The Labute approximate surface area is 120 Å². The van der Waals surface area contributed by atoms with Crippen molar-refractivity contribution in [3.63, 3.8) is 0 Å². The number of amides is 1. The first-order chi connectivity index (χ1) is 8.97. The van der Waals surface area contributed by atoms with Crippen molar-refractivity contribution in [1.82, 2.24) is 20.5 Å². The lowest BCUT2D eigenvalue weighted by molar-refractivity contribution is 0.0927. The molecule has 0 aliphatic heterocycles. The third kappa shape index (κ3) is 3.33. The summed E-state index contributed by atoms with van der Waals surface area (Å²) in [6.07, 6.45) is 0. The maximum Gasteiger partial charge on any atom is 0.262 e. The number of nitrogens with one attached hydrogen (secondary N) is 2. The average molecular weight is 299 g/mol. The number of hydrogen-bond donors (Lipinski definition) is 2. The molecular formula is C12H15ClN4OS. The summed E-state index contributed by atoms with van der Waals surface area (Å²) in [5.41, 5.74) is 0. The van der Waals surface area contributed by atoms with Gasteiger partial charge in [0.15, 0.2) is 5.82 Å². The number of aromatic nitrogens is 3. The summed E-state index contributed by atoms with van der Waals surface area (Å²) in [7, 11) is 0. The Morgan fingerprint density at radius 1 is 1.47 bits per heavy atom. The number of carbonyl (C=O) groups is 1. The average Bonchev–Trinajstić information content (AvgIpc) is 2.94. The van der Waals surface area contributed by atoms with E-state index in [0.29, 0.717) is 15.0 Å². The van der Waals surface area contributed by atoms with Crippen molar-refractivity contribution in [3.05, 3.63) is 33.0 Å². The predicted octanol–water partition coefficient (Wildman–Crippen LogP) is 2.96. The van der Waals surface area contributed by atoms with E-state index in [9.17, 15) is 4.79 Å². The molecule has 7 heteroatoms. The molecular weight excluding hydrogens is 284 g/mol. The fourth-order valence-corrected chi connectivity index (χ4v) is 2.62. The first kappa shape index (κ1) is 14.0. The molecule has 1 atom stereocenters. The summed E-state index contributed by atoms with van der Waals surface area (Å²) in [5, 5.41) is 9.85. The Hall–Kier alpha value is -1.40. The Bertz CT molecular complexity index is 578. The largest absolute Gasteiger partial charge is 0.341 e. The second kappa shape index (κ2) is 5.71. The molecule has 0 bridgehead atoms. The van der Waals surface area contributed by atoms with Crippen LogP contribution in [0.4, 0.5) is 0 Å². The van der Waals surface area contributed by atoms with Gasteiger partial charge in [0.05, 0.1) is 15.3 Å². The van der Waals surface area contributed by atoms with Crippen molar-refractivity contribution >= 4 is 28.8 Å². The van der Waals surface area contributed by atoms with E-state index in [-0.39, 0.29) is 17.9 Å². The van der Waals surface area contributed by atoms with Gasteiger partial charge in [0.25, 0.3) is 5.91 Å². The first-order valence-corrected chi connectivity index (χ1v) is 7.12. The topological polar surface area (TPSA) is 70.7 Å². The number of H-pyrrole nitrogens is 1. The summed E-state index contributed by atoms with van der Waals surface area (Å²) in [6, 6.07) is 3.20. The summed E-state index contributed by atoms with van der Waals surface area (Å²) in [4.78, 5) is 17.0. The maximum absolute atomic E-state index is 12.1. The number of rotatable bonds is 4. The monoisotopic (exact) mass is 298 g/mol. The SMILES string of the molecule is Cc1nc(C(NC(=O)c2ccc(Cl)s2)C(C)C)n[nH]1. The van der Waals surface area contributed by atoms with Crippen molar-refractivity contribution < 1.29 is 4.79 Å². The molecule has 5 nitrogen and oxygen atoms in total. The van der Waals surface area contributed by atoms with Crippen molar-refractivity contribution in [2.24, 2.45) is 5.92 Å². The van der Waals surface area contributed by atoms with Crippen LogP contribution in [0.5, 0.6) is 0 Å². The molecule has 0 aliphatic carbocycles. The second-order valence-corrected chi connectivity index (χ2v) is 6.29. The molecule has 0 saturated heterocycles. The second-order valence-electron chi connectivity index (χ2n) is 4.58. The van der Waals surface area contributed by atoms with Gasteiger partial charge in [-0.25, -0.2) is 4.98 Å².